The predicted molar refractivity (Wildman–Crippen MR) is 579 cm³/mol. The molecule has 622 valence electrons. The Morgan fingerprint density at radius 1 is 0.0746 bits per heavy atom. The highest BCUT2D eigenvalue weighted by Crippen LogP contribution is 2.52. The molecule has 0 aliphatic carbocycles. The molecule has 0 fully saturated rings. The van der Waals surface area contributed by atoms with Crippen molar-refractivity contribution in [3.8, 4) is 111 Å². The molecule has 0 heterocycles. The van der Waals surface area contributed by atoms with Crippen molar-refractivity contribution < 1.29 is 0 Å². The first-order chi connectivity index (χ1) is 66.5. The van der Waals surface area contributed by atoms with Gasteiger partial charge in [0.2, 0.25) is 0 Å². The summed E-state index contributed by atoms with van der Waals surface area (Å²) in [5.74, 6) is 0. The Balaban J connectivity index is 0.000000108. The maximum Gasteiger partial charge on any atom is -0.00199 e. The number of benzene rings is 27. The molecular weight excluding hydrogens is 1610 g/mol. The molecule has 0 atom stereocenters. The quantitative estimate of drug-likeness (QED) is 0.0946. The molecule has 0 aliphatic heterocycles. The molecule has 0 N–H and O–H groups in total. The molecule has 27 aromatic carbocycles. The Morgan fingerprint density at radius 2 is 0.291 bits per heavy atom. The third-order valence-corrected chi connectivity index (χ3v) is 27.9. The topological polar surface area (TPSA) is 0 Å². The summed E-state index contributed by atoms with van der Waals surface area (Å²) in [6.45, 7) is 0. The van der Waals surface area contributed by atoms with Crippen molar-refractivity contribution in [3.05, 3.63) is 522 Å². The van der Waals surface area contributed by atoms with E-state index in [1.165, 1.54) is 262 Å². The van der Waals surface area contributed by atoms with Crippen LogP contribution in [0.15, 0.2) is 522 Å². The molecule has 0 unspecified atom stereocenters. The highest BCUT2D eigenvalue weighted by Gasteiger charge is 2.25. The first-order valence-electron chi connectivity index (χ1n) is 46.5. The fourth-order valence-electron chi connectivity index (χ4n) is 21.9. The van der Waals surface area contributed by atoms with Crippen molar-refractivity contribution in [2.45, 2.75) is 0 Å². The molecule has 0 amide bonds. The molecule has 0 aromatic heterocycles. The standard InChI is InChI=1S/C46H30.2C44H28/c1-3-15-37-31(11-1)13-9-21-39(37)33-23-27-35(28-24-33)45-41-17-5-7-19-43(41)46(44-20-8-6-18-42(44)45)36-29-25-34(26-30-36)40-22-10-14-32-12-2-4-16-38(32)40;1-3-18-33-29(13-1)15-12-26-34(33)30-16-11-17-32(27-30)43-38-22-7-9-24-40(38)44(41-25-10-8-23-39(41)43)42-28-31-14-2-4-19-35(31)36-20-5-6-21-37(36)42;1-2-13-30-26-32(25-24-29(30)12-1)31-15-11-16-34(27-31)43-38-20-7-9-22-40(38)44(41-23-10-8-21-39(41)43)42-28-33-14-3-4-17-35(33)36-18-5-6-19-37(36)42/h1-30H;2*1-28H. The number of hydrogen-bond acceptors (Lipinski definition) is 0. The zero-order valence-electron chi connectivity index (χ0n) is 73.7. The van der Waals surface area contributed by atoms with Gasteiger partial charge < -0.3 is 0 Å². The normalized spacial score (nSPS) is 11.6. The van der Waals surface area contributed by atoms with Crippen LogP contribution in [0.25, 0.3) is 262 Å². The van der Waals surface area contributed by atoms with Gasteiger partial charge in [-0.25, -0.2) is 0 Å². The van der Waals surface area contributed by atoms with Crippen molar-refractivity contribution >= 4 is 151 Å². The van der Waals surface area contributed by atoms with E-state index in [1.807, 2.05) is 0 Å². The van der Waals surface area contributed by atoms with Crippen LogP contribution in [0, 0.1) is 0 Å². The minimum absolute atomic E-state index is 1.23. The van der Waals surface area contributed by atoms with Crippen molar-refractivity contribution in [3.63, 3.8) is 0 Å². The summed E-state index contributed by atoms with van der Waals surface area (Å²) in [7, 11) is 0. The van der Waals surface area contributed by atoms with Gasteiger partial charge in [-0.3, -0.25) is 0 Å². The molecule has 0 nitrogen and oxygen atoms in total. The lowest BCUT2D eigenvalue weighted by Gasteiger charge is -2.20. The van der Waals surface area contributed by atoms with Gasteiger partial charge in [-0.1, -0.05) is 491 Å². The molecule has 0 spiro atoms. The van der Waals surface area contributed by atoms with Crippen LogP contribution in [-0.2, 0) is 0 Å². The van der Waals surface area contributed by atoms with Crippen molar-refractivity contribution in [1.29, 1.82) is 0 Å². The lowest BCUT2D eigenvalue weighted by molar-refractivity contribution is 1.62. The number of hydrogen-bond donors (Lipinski definition) is 0. The Kier molecular flexibility index (Phi) is 19.7. The van der Waals surface area contributed by atoms with Gasteiger partial charge >= 0.3 is 0 Å². The monoisotopic (exact) mass is 1690 g/mol. The van der Waals surface area contributed by atoms with Crippen LogP contribution in [0.4, 0.5) is 0 Å². The maximum absolute atomic E-state index is 2.40. The second-order valence-electron chi connectivity index (χ2n) is 35.4. The van der Waals surface area contributed by atoms with E-state index >= 15 is 0 Å². The third kappa shape index (κ3) is 13.8. The largest absolute Gasteiger partial charge is 0.0616 e. The first-order valence-corrected chi connectivity index (χ1v) is 46.5. The molecule has 0 heteroatoms. The molecular formula is C134H86. The van der Waals surface area contributed by atoms with Crippen LogP contribution in [0.5, 0.6) is 0 Å². The smallest absolute Gasteiger partial charge is 0.00199 e. The molecule has 0 bridgehead atoms. The van der Waals surface area contributed by atoms with Gasteiger partial charge in [0.25, 0.3) is 0 Å². The van der Waals surface area contributed by atoms with Gasteiger partial charge in [0.1, 0.15) is 0 Å². The summed E-state index contributed by atoms with van der Waals surface area (Å²) in [4.78, 5) is 0. The summed E-state index contributed by atoms with van der Waals surface area (Å²) >= 11 is 0. The van der Waals surface area contributed by atoms with E-state index in [-0.39, 0.29) is 0 Å². The van der Waals surface area contributed by atoms with Gasteiger partial charge in [-0.15, -0.1) is 0 Å². The Hall–Kier alpha value is -17.4. The van der Waals surface area contributed by atoms with E-state index in [4.69, 9.17) is 0 Å². The van der Waals surface area contributed by atoms with Crippen LogP contribution in [-0.4, -0.2) is 0 Å². The van der Waals surface area contributed by atoms with Gasteiger partial charge in [0, 0.05) is 0 Å². The summed E-state index contributed by atoms with van der Waals surface area (Å²) in [5.41, 5.74) is 25.2. The van der Waals surface area contributed by atoms with E-state index in [9.17, 15) is 0 Å². The van der Waals surface area contributed by atoms with E-state index < -0.39 is 0 Å². The number of rotatable bonds is 10. The fourth-order valence-corrected chi connectivity index (χ4v) is 21.9. The van der Waals surface area contributed by atoms with Gasteiger partial charge in [0.05, 0.1) is 0 Å². The maximum atomic E-state index is 2.40. The van der Waals surface area contributed by atoms with Crippen LogP contribution in [0.2, 0.25) is 0 Å². The average molecular weight is 1700 g/mol. The lowest BCUT2D eigenvalue weighted by Crippen LogP contribution is -1.92. The van der Waals surface area contributed by atoms with E-state index in [1.54, 1.807) is 0 Å². The SMILES string of the molecule is c1cc(-c2ccc3ccccc3c2)cc(-c2c3ccccc3c(-c3cc4ccccc4c4ccccc34)c3ccccc23)c1.c1cc(-c2cccc3ccccc23)cc(-c2c3ccccc3c(-c3cc4ccccc4c4ccccc34)c3ccccc23)c1.c1ccc2c(-c3ccc(-c4c5ccccc5c(-c5ccc(-c6cccc7ccccc67)cc5)c5ccccc45)cc3)cccc2c1. The van der Waals surface area contributed by atoms with Crippen LogP contribution in [0.1, 0.15) is 0 Å². The molecule has 0 saturated heterocycles. The molecule has 0 radical (unpaired) electrons. The predicted octanol–water partition coefficient (Wildman–Crippen LogP) is 37.9. The molecule has 0 aliphatic rings. The van der Waals surface area contributed by atoms with Gasteiger partial charge in [-0.2, -0.15) is 0 Å². The van der Waals surface area contributed by atoms with E-state index in [0.29, 0.717) is 0 Å². The minimum Gasteiger partial charge on any atom is -0.0616 e. The van der Waals surface area contributed by atoms with Gasteiger partial charge in [-0.05, 0) is 292 Å². The number of fused-ring (bicyclic) bond motifs is 16. The lowest BCUT2D eigenvalue weighted by atomic mass is 9.83. The summed E-state index contributed by atoms with van der Waals surface area (Å²) < 4.78 is 0. The second-order valence-corrected chi connectivity index (χ2v) is 35.4. The Bertz CT molecular complexity index is 9000. The van der Waals surface area contributed by atoms with Crippen molar-refractivity contribution in [2.24, 2.45) is 0 Å². The Morgan fingerprint density at radius 3 is 0.649 bits per heavy atom. The van der Waals surface area contributed by atoms with E-state index in [2.05, 4.69) is 522 Å². The third-order valence-electron chi connectivity index (χ3n) is 27.9. The highest BCUT2D eigenvalue weighted by atomic mass is 14.3. The van der Waals surface area contributed by atoms with Gasteiger partial charge in [0.15, 0.2) is 0 Å². The zero-order valence-corrected chi connectivity index (χ0v) is 73.7. The second kappa shape index (κ2) is 33.6. The van der Waals surface area contributed by atoms with Crippen LogP contribution in [0.3, 0.4) is 0 Å². The average Bonchev–Trinajstić information content (AvgIpc) is 0.719. The first kappa shape index (κ1) is 78.8. The Labute approximate surface area is 778 Å². The van der Waals surface area contributed by atoms with E-state index in [0.717, 1.165) is 0 Å². The highest BCUT2D eigenvalue weighted by molar-refractivity contribution is 6.29. The molecule has 134 heavy (non-hydrogen) atoms. The van der Waals surface area contributed by atoms with Crippen molar-refractivity contribution in [1.82, 2.24) is 0 Å². The minimum atomic E-state index is 1.23. The van der Waals surface area contributed by atoms with Crippen molar-refractivity contribution in [2.75, 3.05) is 0 Å². The molecule has 0 saturated carbocycles. The van der Waals surface area contributed by atoms with Crippen LogP contribution >= 0.6 is 0 Å². The molecule has 27 aromatic rings. The van der Waals surface area contributed by atoms with Crippen LogP contribution < -0.4 is 0 Å². The summed E-state index contributed by atoms with van der Waals surface area (Å²) in [5, 5.41) is 35.7. The fraction of sp³-hybridized carbons (Fsp3) is 0. The summed E-state index contributed by atoms with van der Waals surface area (Å²) in [6.07, 6.45) is 0. The molecule has 27 rings (SSSR count). The summed E-state index contributed by atoms with van der Waals surface area (Å²) in [6, 6.07) is 191. The zero-order chi connectivity index (χ0) is 88.5.